The zero-order chi connectivity index (χ0) is 45.5. The normalized spacial score (nSPS) is 19.4. The van der Waals surface area contributed by atoms with Crippen molar-refractivity contribution in [3.63, 3.8) is 0 Å². The average Bonchev–Trinajstić information content (AvgIpc) is 3.86. The van der Waals surface area contributed by atoms with Gasteiger partial charge in [0.15, 0.2) is 21.1 Å². The van der Waals surface area contributed by atoms with E-state index >= 15 is 0 Å². The molecule has 0 aliphatic carbocycles. The summed E-state index contributed by atoms with van der Waals surface area (Å²) in [5.74, 6) is 0. The number of sulfone groups is 1. The molecule has 0 spiro atoms. The number of benzene rings is 3. The third-order valence-electron chi connectivity index (χ3n) is 11.6. The van der Waals surface area contributed by atoms with Crippen LogP contribution in [-0.4, -0.2) is 111 Å². The summed E-state index contributed by atoms with van der Waals surface area (Å²) in [6, 6.07) is 25.2. The zero-order valence-electron chi connectivity index (χ0n) is 37.5. The van der Waals surface area contributed by atoms with Gasteiger partial charge in [-0.3, -0.25) is 0 Å². The molecule has 2 aliphatic heterocycles. The highest BCUT2D eigenvalue weighted by molar-refractivity contribution is 9.10. The van der Waals surface area contributed by atoms with Gasteiger partial charge in [-0.05, 0) is 117 Å². The fourth-order valence-corrected chi connectivity index (χ4v) is 9.76. The lowest BCUT2D eigenvalue weighted by Crippen LogP contribution is -2.58. The Hall–Kier alpha value is -5.84. The first-order valence-corrected chi connectivity index (χ1v) is 24.2. The topological polar surface area (TPSA) is 143 Å². The predicted molar refractivity (Wildman–Crippen MR) is 257 cm³/mol. The van der Waals surface area contributed by atoms with Crippen molar-refractivity contribution in [2.75, 3.05) is 42.2 Å². The van der Waals surface area contributed by atoms with Gasteiger partial charge in [0.1, 0.15) is 5.60 Å². The Balaban J connectivity index is 0.000000175. The average molecular weight is 948 g/mol. The highest BCUT2D eigenvalue weighted by Gasteiger charge is 2.34. The van der Waals surface area contributed by atoms with Gasteiger partial charge in [-0.15, -0.1) is 0 Å². The molecular formula is C48H55BrN10O4S. The number of carbonyl (C=O) groups excluding carboxylic acids is 1. The molecule has 2 aliphatic rings. The van der Waals surface area contributed by atoms with Crippen molar-refractivity contribution in [3.05, 3.63) is 114 Å². The highest BCUT2D eigenvalue weighted by atomic mass is 79.9. The number of halogens is 1. The minimum Gasteiger partial charge on any atom is -0.444 e. The number of carbonyl (C=O) groups is 1. The van der Waals surface area contributed by atoms with E-state index in [1.165, 1.54) is 11.9 Å². The van der Waals surface area contributed by atoms with E-state index in [2.05, 4.69) is 127 Å². The quantitative estimate of drug-likeness (QED) is 0.171. The number of ether oxygens (including phenoxy) is 1. The van der Waals surface area contributed by atoms with E-state index in [4.69, 9.17) is 4.74 Å². The minimum atomic E-state index is -3.29. The monoisotopic (exact) mass is 946 g/mol. The molecule has 0 saturated carbocycles. The SMILES string of the molecule is C[C@@H]1CN(C(=O)OC(C)(C)C)C[C@H](C)N1c1ccc(-c2cnc3c(Br)cnn3c2)cc1.C[C@@H]1CNC[C@H](C)N1c1ccc(-c2cnc3c(-c4cccc(S(C)(=O)=O)c4)cnn3c2)cc1. The summed E-state index contributed by atoms with van der Waals surface area (Å²) in [4.78, 5) is 28.6. The summed E-state index contributed by atoms with van der Waals surface area (Å²) < 4.78 is 33.8. The Morgan fingerprint density at radius 3 is 1.75 bits per heavy atom. The number of hydrogen-bond acceptors (Lipinski definition) is 11. The number of nitrogens with zero attached hydrogens (tertiary/aromatic N) is 9. The second-order valence-electron chi connectivity index (χ2n) is 17.9. The van der Waals surface area contributed by atoms with Crippen LogP contribution >= 0.6 is 15.9 Å². The van der Waals surface area contributed by atoms with Crippen LogP contribution in [0, 0.1) is 0 Å². The van der Waals surface area contributed by atoms with Gasteiger partial charge < -0.3 is 24.8 Å². The summed E-state index contributed by atoms with van der Waals surface area (Å²) in [7, 11) is -3.29. The summed E-state index contributed by atoms with van der Waals surface area (Å²) in [5, 5.41) is 12.3. The highest BCUT2D eigenvalue weighted by Crippen LogP contribution is 2.31. The molecule has 0 bridgehead atoms. The van der Waals surface area contributed by atoms with Crippen LogP contribution in [0.5, 0.6) is 0 Å². The molecule has 334 valence electrons. The van der Waals surface area contributed by atoms with Gasteiger partial charge in [0, 0.05) is 109 Å². The number of nitrogens with one attached hydrogen (secondary N) is 1. The van der Waals surface area contributed by atoms with E-state index in [-0.39, 0.29) is 23.1 Å². The number of hydrogen-bond donors (Lipinski definition) is 1. The van der Waals surface area contributed by atoms with Crippen molar-refractivity contribution in [2.45, 2.75) is 83.1 Å². The minimum absolute atomic E-state index is 0.182. The maximum absolute atomic E-state index is 12.5. The van der Waals surface area contributed by atoms with Gasteiger partial charge in [0.05, 0.1) is 21.8 Å². The van der Waals surface area contributed by atoms with Crippen LogP contribution in [-0.2, 0) is 14.6 Å². The van der Waals surface area contributed by atoms with Gasteiger partial charge in [-0.1, -0.05) is 36.4 Å². The lowest BCUT2D eigenvalue weighted by Gasteiger charge is -2.45. The second-order valence-corrected chi connectivity index (χ2v) is 20.8. The Morgan fingerprint density at radius 2 is 1.20 bits per heavy atom. The molecule has 14 nitrogen and oxygen atoms in total. The van der Waals surface area contributed by atoms with Crippen LogP contribution in [0.25, 0.3) is 44.7 Å². The zero-order valence-corrected chi connectivity index (χ0v) is 39.9. The van der Waals surface area contributed by atoms with E-state index in [1.807, 2.05) is 56.5 Å². The van der Waals surface area contributed by atoms with Gasteiger partial charge in [0.2, 0.25) is 0 Å². The lowest BCUT2D eigenvalue weighted by atomic mass is 10.0. The summed E-state index contributed by atoms with van der Waals surface area (Å²) in [5.41, 5.74) is 9.06. The number of rotatable bonds is 6. The van der Waals surface area contributed by atoms with Crippen LogP contribution in [0.15, 0.2) is 119 Å². The molecule has 2 fully saturated rings. The molecule has 9 rings (SSSR count). The molecule has 16 heteroatoms. The lowest BCUT2D eigenvalue weighted by molar-refractivity contribution is 0.0193. The van der Waals surface area contributed by atoms with Crippen molar-refractivity contribution in [1.82, 2.24) is 39.4 Å². The molecule has 2 saturated heterocycles. The van der Waals surface area contributed by atoms with Gasteiger partial charge in [0.25, 0.3) is 0 Å². The standard InChI is InChI=1S/C25H27N5O2S.C23H28BrN5O2/c1-17-12-26-13-18(2)30(17)22-9-7-19(8-10-22)21-14-27-25-24(15-28-29(25)16-21)20-5-4-6-23(11-20)33(3,31)32;1-15-12-27(22(30)31-23(3,4)5)13-16(2)29(15)19-8-6-17(7-9-19)18-10-25-21-20(24)11-26-28(21)14-18/h4-11,14-18,26H,12-13H2,1-3H3;6-11,14-16H,12-13H2,1-5H3/t17-,18+;15-,16+. The summed E-state index contributed by atoms with van der Waals surface area (Å²) in [6.45, 7) is 17.7. The first-order chi connectivity index (χ1) is 30.4. The number of anilines is 2. The Bertz CT molecular complexity index is 2870. The maximum atomic E-state index is 12.5. The van der Waals surface area contributed by atoms with Crippen LogP contribution in [0.1, 0.15) is 48.5 Å². The largest absolute Gasteiger partial charge is 0.444 e. The Morgan fingerprint density at radius 1 is 0.688 bits per heavy atom. The van der Waals surface area contributed by atoms with E-state index in [0.29, 0.717) is 30.8 Å². The van der Waals surface area contributed by atoms with E-state index in [1.54, 1.807) is 39.6 Å². The molecule has 1 amide bonds. The third kappa shape index (κ3) is 9.64. The molecule has 0 unspecified atom stereocenters. The molecule has 3 aromatic carbocycles. The van der Waals surface area contributed by atoms with E-state index in [0.717, 1.165) is 62.3 Å². The van der Waals surface area contributed by atoms with Crippen molar-refractivity contribution in [3.8, 4) is 33.4 Å². The van der Waals surface area contributed by atoms with Crippen molar-refractivity contribution >= 4 is 54.5 Å². The molecular weight excluding hydrogens is 893 g/mol. The molecule has 0 radical (unpaired) electrons. The fraction of sp³-hybridized carbons (Fsp3) is 0.354. The molecule has 1 N–H and O–H groups in total. The molecule has 4 atom stereocenters. The van der Waals surface area contributed by atoms with Crippen molar-refractivity contribution in [1.29, 1.82) is 0 Å². The smallest absolute Gasteiger partial charge is 0.410 e. The molecule has 4 aromatic heterocycles. The van der Waals surface area contributed by atoms with Crippen LogP contribution < -0.4 is 15.1 Å². The van der Waals surface area contributed by atoms with Crippen LogP contribution in [0.2, 0.25) is 0 Å². The van der Waals surface area contributed by atoms with Crippen LogP contribution in [0.4, 0.5) is 16.2 Å². The number of amides is 1. The van der Waals surface area contributed by atoms with Gasteiger partial charge in [-0.25, -0.2) is 32.2 Å². The van der Waals surface area contributed by atoms with Crippen LogP contribution in [0.3, 0.4) is 0 Å². The maximum Gasteiger partial charge on any atom is 0.410 e. The number of piperazine rings is 2. The van der Waals surface area contributed by atoms with Gasteiger partial charge >= 0.3 is 6.09 Å². The Labute approximate surface area is 383 Å². The summed E-state index contributed by atoms with van der Waals surface area (Å²) in [6.07, 6.45) is 12.1. The fourth-order valence-electron chi connectivity index (χ4n) is 8.72. The second kappa shape index (κ2) is 18.0. The Kier molecular flexibility index (Phi) is 12.6. The van der Waals surface area contributed by atoms with E-state index in [9.17, 15) is 13.2 Å². The predicted octanol–water partition coefficient (Wildman–Crippen LogP) is 8.65. The first-order valence-electron chi connectivity index (χ1n) is 21.5. The third-order valence-corrected chi connectivity index (χ3v) is 13.3. The molecule has 64 heavy (non-hydrogen) atoms. The summed E-state index contributed by atoms with van der Waals surface area (Å²) >= 11 is 3.46. The first kappa shape index (κ1) is 44.8. The van der Waals surface area contributed by atoms with Crippen molar-refractivity contribution < 1.29 is 17.9 Å². The molecule has 6 heterocycles. The van der Waals surface area contributed by atoms with E-state index < -0.39 is 15.4 Å². The van der Waals surface area contributed by atoms with Gasteiger partial charge in [-0.2, -0.15) is 10.2 Å². The molecule has 7 aromatic rings. The number of fused-ring (bicyclic) bond motifs is 2. The van der Waals surface area contributed by atoms with Crippen molar-refractivity contribution in [2.24, 2.45) is 0 Å². The number of aromatic nitrogens is 6.